The normalized spacial score (nSPS) is 13.3. The van der Waals surface area contributed by atoms with E-state index in [1.165, 1.54) is 13.8 Å². The molecule has 0 aliphatic heterocycles. The highest BCUT2D eigenvalue weighted by molar-refractivity contribution is 7.89. The van der Waals surface area contributed by atoms with Crippen LogP contribution < -0.4 is 4.72 Å². The van der Waals surface area contributed by atoms with E-state index in [1.807, 2.05) is 0 Å². The smallest absolute Gasteiger partial charge is 0.307 e. The molecule has 0 fully saturated rings. The second-order valence-electron chi connectivity index (χ2n) is 4.00. The molecule has 0 radical (unpaired) electrons. The molecule has 0 amide bonds. The summed E-state index contributed by atoms with van der Waals surface area (Å²) in [7, 11) is -3.82. The zero-order chi connectivity index (χ0) is 13.9. The summed E-state index contributed by atoms with van der Waals surface area (Å²) in [5, 5.41) is 8.66. The van der Waals surface area contributed by atoms with E-state index in [9.17, 15) is 17.6 Å². The van der Waals surface area contributed by atoms with Crippen molar-refractivity contribution in [3.05, 3.63) is 29.6 Å². The number of hydrogen-bond acceptors (Lipinski definition) is 3. The third-order valence-electron chi connectivity index (χ3n) is 2.43. The van der Waals surface area contributed by atoms with Crippen molar-refractivity contribution in [3.63, 3.8) is 0 Å². The first-order chi connectivity index (χ1) is 8.24. The second kappa shape index (κ2) is 5.45. The molecule has 0 bridgehead atoms. The summed E-state index contributed by atoms with van der Waals surface area (Å²) in [6.45, 7) is 2.65. The Morgan fingerprint density at radius 1 is 1.50 bits per heavy atom. The van der Waals surface area contributed by atoms with Crippen LogP contribution in [0.3, 0.4) is 0 Å². The lowest BCUT2D eigenvalue weighted by Crippen LogP contribution is -2.31. The SMILES string of the molecule is Cc1cc(F)ccc1S(=O)(=O)NCC(C)C(=O)O. The van der Waals surface area contributed by atoms with Crippen LogP contribution in [0.4, 0.5) is 4.39 Å². The molecule has 5 nitrogen and oxygen atoms in total. The Morgan fingerprint density at radius 2 is 2.11 bits per heavy atom. The van der Waals surface area contributed by atoms with Gasteiger partial charge in [0.05, 0.1) is 10.8 Å². The topological polar surface area (TPSA) is 83.5 Å². The maximum absolute atomic E-state index is 12.9. The summed E-state index contributed by atoms with van der Waals surface area (Å²) in [5.41, 5.74) is 0.269. The molecule has 0 saturated carbocycles. The van der Waals surface area contributed by atoms with E-state index in [1.54, 1.807) is 0 Å². The molecule has 0 saturated heterocycles. The number of halogens is 1. The predicted molar refractivity (Wildman–Crippen MR) is 63.1 cm³/mol. The Labute approximate surface area is 105 Å². The highest BCUT2D eigenvalue weighted by atomic mass is 32.2. The third-order valence-corrected chi connectivity index (χ3v) is 4.01. The van der Waals surface area contributed by atoms with Crippen molar-refractivity contribution in [1.29, 1.82) is 0 Å². The van der Waals surface area contributed by atoms with Crippen molar-refractivity contribution >= 4 is 16.0 Å². The van der Waals surface area contributed by atoms with Gasteiger partial charge >= 0.3 is 5.97 Å². The van der Waals surface area contributed by atoms with E-state index in [-0.39, 0.29) is 17.0 Å². The molecule has 1 atom stereocenters. The Balaban J connectivity index is 2.90. The largest absolute Gasteiger partial charge is 0.481 e. The van der Waals surface area contributed by atoms with Crippen LogP contribution in [0, 0.1) is 18.7 Å². The standard InChI is InChI=1S/C11H14FNO4S/c1-7-5-9(12)3-4-10(7)18(16,17)13-6-8(2)11(14)15/h3-5,8,13H,6H2,1-2H3,(H,14,15). The first-order valence-electron chi connectivity index (χ1n) is 5.22. The van der Waals surface area contributed by atoms with Gasteiger partial charge in [-0.1, -0.05) is 6.92 Å². The van der Waals surface area contributed by atoms with Crippen LogP contribution in [0.2, 0.25) is 0 Å². The molecule has 1 aromatic carbocycles. The van der Waals surface area contributed by atoms with Crippen LogP contribution in [0.15, 0.2) is 23.1 Å². The fourth-order valence-electron chi connectivity index (χ4n) is 1.31. The van der Waals surface area contributed by atoms with E-state index in [0.717, 1.165) is 18.2 Å². The summed E-state index contributed by atoms with van der Waals surface area (Å²) in [6, 6.07) is 3.30. The van der Waals surface area contributed by atoms with Crippen LogP contribution in [0.5, 0.6) is 0 Å². The number of carboxylic acids is 1. The van der Waals surface area contributed by atoms with Crippen molar-refractivity contribution in [2.75, 3.05) is 6.54 Å². The Bertz CT molecular complexity index is 556. The van der Waals surface area contributed by atoms with Crippen molar-refractivity contribution in [3.8, 4) is 0 Å². The van der Waals surface area contributed by atoms with Crippen molar-refractivity contribution < 1.29 is 22.7 Å². The fourth-order valence-corrected chi connectivity index (χ4v) is 2.67. The number of rotatable bonds is 5. The van der Waals surface area contributed by atoms with E-state index >= 15 is 0 Å². The second-order valence-corrected chi connectivity index (χ2v) is 5.74. The first-order valence-corrected chi connectivity index (χ1v) is 6.71. The highest BCUT2D eigenvalue weighted by Gasteiger charge is 2.19. The monoisotopic (exact) mass is 275 g/mol. The lowest BCUT2D eigenvalue weighted by molar-refractivity contribution is -0.140. The number of benzene rings is 1. The van der Waals surface area contributed by atoms with Gasteiger partial charge in [-0.15, -0.1) is 0 Å². The minimum absolute atomic E-state index is 0.0542. The molecular weight excluding hydrogens is 261 g/mol. The Kier molecular flexibility index (Phi) is 4.42. The van der Waals surface area contributed by atoms with Gasteiger partial charge in [0.1, 0.15) is 5.82 Å². The van der Waals surface area contributed by atoms with Crippen molar-refractivity contribution in [1.82, 2.24) is 4.72 Å². The molecule has 0 heterocycles. The van der Waals surface area contributed by atoms with Gasteiger partial charge in [-0.3, -0.25) is 4.79 Å². The first kappa shape index (κ1) is 14.6. The molecule has 7 heteroatoms. The lowest BCUT2D eigenvalue weighted by atomic mass is 10.2. The molecule has 0 aliphatic rings. The third kappa shape index (κ3) is 3.51. The highest BCUT2D eigenvalue weighted by Crippen LogP contribution is 2.16. The lowest BCUT2D eigenvalue weighted by Gasteiger charge is -2.11. The summed E-state index contributed by atoms with van der Waals surface area (Å²) < 4.78 is 38.8. The van der Waals surface area contributed by atoms with E-state index in [0.29, 0.717) is 0 Å². The molecule has 0 aromatic heterocycles. The number of nitrogens with one attached hydrogen (secondary N) is 1. The van der Waals surface area contributed by atoms with Crippen LogP contribution in [0.25, 0.3) is 0 Å². The van der Waals surface area contributed by atoms with Crippen LogP contribution in [0.1, 0.15) is 12.5 Å². The average Bonchev–Trinajstić information content (AvgIpc) is 2.25. The van der Waals surface area contributed by atoms with E-state index in [4.69, 9.17) is 5.11 Å². The summed E-state index contributed by atoms with van der Waals surface area (Å²) in [4.78, 5) is 10.5. The number of sulfonamides is 1. The number of aryl methyl sites for hydroxylation is 1. The van der Waals surface area contributed by atoms with Gasteiger partial charge in [-0.05, 0) is 30.7 Å². The maximum Gasteiger partial charge on any atom is 0.307 e. The van der Waals surface area contributed by atoms with Gasteiger partial charge in [-0.2, -0.15) is 0 Å². The molecular formula is C11H14FNO4S. The van der Waals surface area contributed by atoms with Crippen LogP contribution >= 0.6 is 0 Å². The van der Waals surface area contributed by atoms with Crippen LogP contribution in [-0.2, 0) is 14.8 Å². The molecule has 0 aliphatic carbocycles. The van der Waals surface area contributed by atoms with Gasteiger partial charge in [-0.25, -0.2) is 17.5 Å². The minimum Gasteiger partial charge on any atom is -0.481 e. The van der Waals surface area contributed by atoms with E-state index in [2.05, 4.69) is 4.72 Å². The van der Waals surface area contributed by atoms with Crippen molar-refractivity contribution in [2.24, 2.45) is 5.92 Å². The maximum atomic E-state index is 12.9. The zero-order valence-corrected chi connectivity index (χ0v) is 10.8. The number of carboxylic acid groups (broad SMARTS) is 1. The molecule has 2 N–H and O–H groups in total. The molecule has 1 rings (SSSR count). The summed E-state index contributed by atoms with van der Waals surface area (Å²) >= 11 is 0. The van der Waals surface area contributed by atoms with Crippen LogP contribution in [-0.4, -0.2) is 26.0 Å². The fraction of sp³-hybridized carbons (Fsp3) is 0.364. The van der Waals surface area contributed by atoms with Gasteiger partial charge in [0.15, 0.2) is 0 Å². The molecule has 0 spiro atoms. The molecule has 1 aromatic rings. The number of hydrogen-bond donors (Lipinski definition) is 2. The van der Waals surface area contributed by atoms with Crippen molar-refractivity contribution in [2.45, 2.75) is 18.7 Å². The number of carbonyl (C=O) groups is 1. The predicted octanol–water partition coefficient (Wildman–Crippen LogP) is 1.13. The Morgan fingerprint density at radius 3 is 2.61 bits per heavy atom. The summed E-state index contributed by atoms with van der Waals surface area (Å²) in [5.74, 6) is -2.44. The Hall–Kier alpha value is -1.47. The van der Waals surface area contributed by atoms with Gasteiger partial charge in [0.25, 0.3) is 0 Å². The van der Waals surface area contributed by atoms with E-state index < -0.39 is 27.7 Å². The summed E-state index contributed by atoms with van der Waals surface area (Å²) in [6.07, 6.45) is 0. The van der Waals surface area contributed by atoms with Gasteiger partial charge in [0, 0.05) is 6.54 Å². The molecule has 100 valence electrons. The van der Waals surface area contributed by atoms with Gasteiger partial charge < -0.3 is 5.11 Å². The minimum atomic E-state index is -3.82. The quantitative estimate of drug-likeness (QED) is 0.844. The number of aliphatic carboxylic acids is 1. The van der Waals surface area contributed by atoms with Gasteiger partial charge in [0.2, 0.25) is 10.0 Å². The average molecular weight is 275 g/mol. The molecule has 18 heavy (non-hydrogen) atoms. The molecule has 1 unspecified atom stereocenters. The zero-order valence-electron chi connectivity index (χ0n) is 9.97.